The Labute approximate surface area is 177 Å². The minimum Gasteiger partial charge on any atom is -0.482 e. The van der Waals surface area contributed by atoms with Gasteiger partial charge in [0, 0.05) is 22.2 Å². The Bertz CT molecular complexity index is 990. The molecule has 0 aromatic heterocycles. The second-order valence-corrected chi connectivity index (χ2v) is 6.89. The van der Waals surface area contributed by atoms with Crippen molar-refractivity contribution in [2.75, 3.05) is 6.61 Å². The minimum atomic E-state index is -0.659. The second kappa shape index (κ2) is 9.60. The predicted octanol–water partition coefficient (Wildman–Crippen LogP) is 6.02. The standard InChI is InChI=1S/C21H14Cl3NO3/c22-16-8-6-15(7-9-16)21(14-4-2-1-3-5-14)25-28-20(26)13-27-17-10-11-18(23)19(24)12-17/h1-12H,13H2/b25-21-. The molecule has 0 heterocycles. The van der Waals surface area contributed by atoms with Crippen LogP contribution < -0.4 is 4.74 Å². The molecule has 0 unspecified atom stereocenters. The van der Waals surface area contributed by atoms with Gasteiger partial charge in [-0.1, -0.05) is 82.4 Å². The van der Waals surface area contributed by atoms with Crippen LogP contribution in [0.1, 0.15) is 11.1 Å². The number of ether oxygens (including phenoxy) is 1. The van der Waals surface area contributed by atoms with Crippen molar-refractivity contribution in [1.29, 1.82) is 0 Å². The number of carbonyl (C=O) groups excluding carboxylic acids is 1. The number of halogens is 3. The van der Waals surface area contributed by atoms with E-state index in [1.807, 2.05) is 30.3 Å². The fourth-order valence-electron chi connectivity index (χ4n) is 2.31. The van der Waals surface area contributed by atoms with Gasteiger partial charge >= 0.3 is 5.97 Å². The Balaban J connectivity index is 1.72. The maximum atomic E-state index is 12.1. The van der Waals surface area contributed by atoms with Gasteiger partial charge in [0.05, 0.1) is 10.0 Å². The number of carbonyl (C=O) groups is 1. The van der Waals surface area contributed by atoms with Crippen LogP contribution in [0.4, 0.5) is 0 Å². The normalized spacial score (nSPS) is 11.2. The summed E-state index contributed by atoms with van der Waals surface area (Å²) >= 11 is 17.7. The highest BCUT2D eigenvalue weighted by Gasteiger charge is 2.11. The van der Waals surface area contributed by atoms with E-state index in [-0.39, 0.29) is 6.61 Å². The Kier molecular flexibility index (Phi) is 6.93. The lowest BCUT2D eigenvalue weighted by Crippen LogP contribution is -2.14. The molecule has 3 rings (SSSR count). The molecule has 0 saturated carbocycles. The van der Waals surface area contributed by atoms with Gasteiger partial charge in [0.15, 0.2) is 6.61 Å². The summed E-state index contributed by atoms with van der Waals surface area (Å²) in [4.78, 5) is 17.1. The van der Waals surface area contributed by atoms with Crippen molar-refractivity contribution in [3.63, 3.8) is 0 Å². The van der Waals surface area contributed by atoms with Crippen LogP contribution in [0.3, 0.4) is 0 Å². The van der Waals surface area contributed by atoms with E-state index in [9.17, 15) is 4.79 Å². The molecule has 0 spiro atoms. The molecule has 0 aliphatic heterocycles. The number of rotatable bonds is 6. The van der Waals surface area contributed by atoms with Gasteiger partial charge in [-0.2, -0.15) is 0 Å². The molecular formula is C21H14Cl3NO3. The van der Waals surface area contributed by atoms with Crippen LogP contribution in [0.2, 0.25) is 15.1 Å². The minimum absolute atomic E-state index is 0.329. The molecule has 3 aromatic carbocycles. The first kappa shape index (κ1) is 20.2. The van der Waals surface area contributed by atoms with Crippen LogP contribution in [-0.4, -0.2) is 18.3 Å². The number of benzene rings is 3. The summed E-state index contributed by atoms with van der Waals surface area (Å²) < 4.78 is 5.36. The van der Waals surface area contributed by atoms with Crippen molar-refractivity contribution >= 4 is 46.5 Å². The molecule has 3 aromatic rings. The largest absolute Gasteiger partial charge is 0.482 e. The Morgan fingerprint density at radius 2 is 1.50 bits per heavy atom. The maximum absolute atomic E-state index is 12.1. The molecular weight excluding hydrogens is 421 g/mol. The Morgan fingerprint density at radius 1 is 0.821 bits per heavy atom. The highest BCUT2D eigenvalue weighted by Crippen LogP contribution is 2.26. The fourth-order valence-corrected chi connectivity index (χ4v) is 2.72. The molecule has 7 heteroatoms. The van der Waals surface area contributed by atoms with Gasteiger partial charge in [-0.05, 0) is 24.3 Å². The summed E-state index contributed by atoms with van der Waals surface area (Å²) in [7, 11) is 0. The van der Waals surface area contributed by atoms with Crippen LogP contribution in [0, 0.1) is 0 Å². The highest BCUT2D eigenvalue weighted by atomic mass is 35.5. The molecule has 28 heavy (non-hydrogen) atoms. The van der Waals surface area contributed by atoms with E-state index < -0.39 is 5.97 Å². The monoisotopic (exact) mass is 433 g/mol. The highest BCUT2D eigenvalue weighted by molar-refractivity contribution is 6.42. The lowest BCUT2D eigenvalue weighted by atomic mass is 10.0. The first-order valence-electron chi connectivity index (χ1n) is 8.20. The third kappa shape index (κ3) is 5.49. The number of oxime groups is 1. The van der Waals surface area contributed by atoms with Gasteiger partial charge in [0.2, 0.25) is 0 Å². The summed E-state index contributed by atoms with van der Waals surface area (Å²) in [5.41, 5.74) is 2.05. The summed E-state index contributed by atoms with van der Waals surface area (Å²) in [5.74, 6) is -0.259. The first-order valence-corrected chi connectivity index (χ1v) is 9.33. The Morgan fingerprint density at radius 3 is 2.18 bits per heavy atom. The van der Waals surface area contributed by atoms with Crippen molar-refractivity contribution in [3.05, 3.63) is 99.0 Å². The fraction of sp³-hybridized carbons (Fsp3) is 0.0476. The van der Waals surface area contributed by atoms with Gasteiger partial charge in [-0.25, -0.2) is 4.79 Å². The van der Waals surface area contributed by atoms with Crippen LogP contribution in [0.25, 0.3) is 0 Å². The average molecular weight is 435 g/mol. The second-order valence-electron chi connectivity index (χ2n) is 5.64. The van der Waals surface area contributed by atoms with Crippen LogP contribution in [-0.2, 0) is 9.63 Å². The molecule has 0 aliphatic rings. The quantitative estimate of drug-likeness (QED) is 0.271. The van der Waals surface area contributed by atoms with Crippen molar-refractivity contribution in [3.8, 4) is 5.75 Å². The van der Waals surface area contributed by atoms with Gasteiger partial charge in [-0.15, -0.1) is 0 Å². The van der Waals surface area contributed by atoms with Crippen molar-refractivity contribution < 1.29 is 14.4 Å². The summed E-state index contributed by atoms with van der Waals surface area (Å²) in [6, 6.07) is 21.2. The van der Waals surface area contributed by atoms with Gasteiger partial charge in [-0.3, -0.25) is 0 Å². The molecule has 0 atom stereocenters. The van der Waals surface area contributed by atoms with E-state index >= 15 is 0 Å². The smallest absolute Gasteiger partial charge is 0.372 e. The molecule has 0 saturated heterocycles. The van der Waals surface area contributed by atoms with Crippen LogP contribution >= 0.6 is 34.8 Å². The lowest BCUT2D eigenvalue weighted by molar-refractivity contribution is -0.146. The van der Waals surface area contributed by atoms with Crippen LogP contribution in [0.15, 0.2) is 78.0 Å². The summed E-state index contributed by atoms with van der Waals surface area (Å²) in [6.07, 6.45) is 0. The zero-order valence-corrected chi connectivity index (χ0v) is 16.7. The number of nitrogens with zero attached hydrogens (tertiary/aromatic N) is 1. The number of hydrogen-bond donors (Lipinski definition) is 0. The molecule has 0 N–H and O–H groups in total. The molecule has 142 valence electrons. The topological polar surface area (TPSA) is 47.9 Å². The SMILES string of the molecule is O=C(COc1ccc(Cl)c(Cl)c1)O/N=C(/c1ccccc1)c1ccc(Cl)cc1. The van der Waals surface area contributed by atoms with Crippen LogP contribution in [0.5, 0.6) is 5.75 Å². The Hall–Kier alpha value is -2.53. The molecule has 0 fully saturated rings. The van der Waals surface area contributed by atoms with Crippen molar-refractivity contribution in [2.24, 2.45) is 5.16 Å². The van der Waals surface area contributed by atoms with Crippen molar-refractivity contribution in [1.82, 2.24) is 0 Å². The first-order chi connectivity index (χ1) is 13.5. The van der Waals surface area contributed by atoms with E-state index in [0.29, 0.717) is 26.5 Å². The molecule has 0 bridgehead atoms. The summed E-state index contributed by atoms with van der Waals surface area (Å²) in [6.45, 7) is -0.329. The van der Waals surface area contributed by atoms with Gasteiger partial charge in [0.25, 0.3) is 0 Å². The van der Waals surface area contributed by atoms with E-state index in [2.05, 4.69) is 5.16 Å². The third-order valence-corrected chi connectivity index (χ3v) is 4.64. The average Bonchev–Trinajstić information content (AvgIpc) is 2.71. The zero-order chi connectivity index (χ0) is 19.9. The molecule has 0 amide bonds. The van der Waals surface area contributed by atoms with E-state index in [4.69, 9.17) is 44.4 Å². The maximum Gasteiger partial charge on any atom is 0.372 e. The molecule has 0 radical (unpaired) electrons. The van der Waals surface area contributed by atoms with E-state index in [1.165, 1.54) is 6.07 Å². The lowest BCUT2D eigenvalue weighted by Gasteiger charge is -2.08. The number of hydrogen-bond acceptors (Lipinski definition) is 4. The summed E-state index contributed by atoms with van der Waals surface area (Å²) in [5, 5.41) is 5.37. The zero-order valence-electron chi connectivity index (χ0n) is 14.4. The van der Waals surface area contributed by atoms with Crippen molar-refractivity contribution in [2.45, 2.75) is 0 Å². The predicted molar refractivity (Wildman–Crippen MR) is 112 cm³/mol. The molecule has 0 aliphatic carbocycles. The van der Waals surface area contributed by atoms with E-state index in [0.717, 1.165) is 11.1 Å². The van der Waals surface area contributed by atoms with Gasteiger partial charge in [0.1, 0.15) is 11.5 Å². The third-order valence-electron chi connectivity index (χ3n) is 3.65. The van der Waals surface area contributed by atoms with E-state index in [1.54, 1.807) is 36.4 Å². The van der Waals surface area contributed by atoms with Gasteiger partial charge < -0.3 is 9.57 Å². The molecule has 4 nitrogen and oxygen atoms in total.